The van der Waals surface area contributed by atoms with Gasteiger partial charge in [-0.3, -0.25) is 9.48 Å². The first kappa shape index (κ1) is 14.1. The molecular weight excluding hydrogens is 264 g/mol. The largest absolute Gasteiger partial charge is 0.369 e. The summed E-state index contributed by atoms with van der Waals surface area (Å²) in [4.78, 5) is 11.6. The molecule has 1 fully saturated rings. The number of aryl methyl sites for hydroxylation is 1. The molecule has 0 bridgehead atoms. The summed E-state index contributed by atoms with van der Waals surface area (Å²) in [5.41, 5.74) is 7.76. The topological polar surface area (TPSA) is 72.9 Å². The number of hydrogen-bond acceptors (Lipinski definition) is 3. The molecular formula is C16H22N4O. The number of nitrogens with one attached hydrogen (secondary N) is 1. The Morgan fingerprint density at radius 2 is 2.29 bits per heavy atom. The van der Waals surface area contributed by atoms with E-state index in [1.54, 1.807) is 0 Å². The van der Waals surface area contributed by atoms with Crippen molar-refractivity contribution in [1.82, 2.24) is 15.1 Å². The second-order valence-corrected chi connectivity index (χ2v) is 5.70. The average Bonchev–Trinajstić information content (AvgIpc) is 2.86. The monoisotopic (exact) mass is 286 g/mol. The normalized spacial score (nSPS) is 22.5. The first-order valence-electron chi connectivity index (χ1n) is 7.67. The Morgan fingerprint density at radius 1 is 1.48 bits per heavy atom. The Balaban J connectivity index is 1.92. The highest BCUT2D eigenvalue weighted by Gasteiger charge is 2.30. The van der Waals surface area contributed by atoms with Gasteiger partial charge in [0.25, 0.3) is 0 Å². The Labute approximate surface area is 124 Å². The Kier molecular flexibility index (Phi) is 3.92. The number of carbonyl (C=O) groups is 1. The van der Waals surface area contributed by atoms with Crippen LogP contribution < -0.4 is 11.1 Å². The number of aromatic nitrogens is 2. The van der Waals surface area contributed by atoms with Crippen LogP contribution in [0.3, 0.4) is 0 Å². The predicted molar refractivity (Wildman–Crippen MR) is 82.8 cm³/mol. The minimum Gasteiger partial charge on any atom is -0.369 e. The summed E-state index contributed by atoms with van der Waals surface area (Å²) in [5.74, 6) is -0.296. The molecule has 2 unspecified atom stereocenters. The number of nitrogens with zero attached hydrogens (tertiary/aromatic N) is 2. The molecule has 1 aromatic carbocycles. The lowest BCUT2D eigenvalue weighted by Crippen LogP contribution is -2.48. The molecule has 3 rings (SSSR count). The van der Waals surface area contributed by atoms with E-state index in [4.69, 9.17) is 10.8 Å². The predicted octanol–water partition coefficient (Wildman–Crippen LogP) is 1.45. The summed E-state index contributed by atoms with van der Waals surface area (Å²) in [7, 11) is 0. The van der Waals surface area contributed by atoms with Crippen molar-refractivity contribution in [2.75, 3.05) is 6.54 Å². The van der Waals surface area contributed by atoms with Crippen molar-refractivity contribution < 1.29 is 4.79 Å². The van der Waals surface area contributed by atoms with Gasteiger partial charge in [0.1, 0.15) is 0 Å². The fraction of sp³-hybridized carbons (Fsp3) is 0.500. The van der Waals surface area contributed by atoms with Crippen LogP contribution in [0.15, 0.2) is 24.3 Å². The fourth-order valence-corrected chi connectivity index (χ4v) is 3.30. The van der Waals surface area contributed by atoms with E-state index < -0.39 is 0 Å². The third-order valence-corrected chi connectivity index (χ3v) is 4.40. The number of rotatable bonds is 4. The number of carbonyl (C=O) groups excluding carboxylic acids is 1. The van der Waals surface area contributed by atoms with Gasteiger partial charge in [-0.2, -0.15) is 5.10 Å². The van der Waals surface area contributed by atoms with Crippen LogP contribution in [-0.2, 0) is 17.8 Å². The lowest BCUT2D eigenvalue weighted by molar-refractivity contribution is -0.123. The standard InChI is InChI=1S/C16H22N4O/c1-2-20-15-8-4-3-6-11(15)14(19-20)10-13-12(16(17)21)7-5-9-18-13/h3-4,6,8,12-13,18H,2,5,7,9-10H2,1H3,(H2,17,21). The van der Waals surface area contributed by atoms with Gasteiger partial charge in [-0.25, -0.2) is 0 Å². The Morgan fingerprint density at radius 3 is 3.05 bits per heavy atom. The number of primary amides is 1. The number of amides is 1. The number of piperidine rings is 1. The van der Waals surface area contributed by atoms with E-state index >= 15 is 0 Å². The number of nitrogens with two attached hydrogens (primary N) is 1. The lowest BCUT2D eigenvalue weighted by Gasteiger charge is -2.30. The highest BCUT2D eigenvalue weighted by molar-refractivity contribution is 5.82. The van der Waals surface area contributed by atoms with Gasteiger partial charge in [0.05, 0.1) is 17.1 Å². The van der Waals surface area contributed by atoms with Crippen molar-refractivity contribution in [2.45, 2.75) is 38.8 Å². The van der Waals surface area contributed by atoms with Crippen molar-refractivity contribution in [2.24, 2.45) is 11.7 Å². The van der Waals surface area contributed by atoms with Gasteiger partial charge in [-0.15, -0.1) is 0 Å². The third-order valence-electron chi connectivity index (χ3n) is 4.40. The van der Waals surface area contributed by atoms with Crippen molar-refractivity contribution in [3.63, 3.8) is 0 Å². The maximum absolute atomic E-state index is 11.6. The highest BCUT2D eigenvalue weighted by atomic mass is 16.1. The zero-order chi connectivity index (χ0) is 14.8. The minimum absolute atomic E-state index is 0.0933. The lowest BCUT2D eigenvalue weighted by atomic mass is 9.87. The van der Waals surface area contributed by atoms with Crippen LogP contribution in [-0.4, -0.2) is 28.3 Å². The van der Waals surface area contributed by atoms with Gasteiger partial charge in [0, 0.05) is 24.4 Å². The summed E-state index contributed by atoms with van der Waals surface area (Å²) >= 11 is 0. The molecule has 1 aliphatic heterocycles. The third kappa shape index (κ3) is 2.65. The highest BCUT2D eigenvalue weighted by Crippen LogP contribution is 2.24. The first-order chi connectivity index (χ1) is 10.2. The van der Waals surface area contributed by atoms with E-state index in [1.165, 1.54) is 5.39 Å². The van der Waals surface area contributed by atoms with Crippen LogP contribution in [0.5, 0.6) is 0 Å². The van der Waals surface area contributed by atoms with Crippen molar-refractivity contribution in [3.8, 4) is 0 Å². The molecule has 21 heavy (non-hydrogen) atoms. The minimum atomic E-state index is -0.202. The summed E-state index contributed by atoms with van der Waals surface area (Å²) in [5, 5.41) is 9.34. The summed E-state index contributed by atoms with van der Waals surface area (Å²) < 4.78 is 2.02. The molecule has 112 valence electrons. The smallest absolute Gasteiger partial charge is 0.222 e. The molecule has 5 heteroatoms. The summed E-state index contributed by atoms with van der Waals surface area (Å²) in [6.07, 6.45) is 2.63. The average molecular weight is 286 g/mol. The molecule has 1 amide bonds. The first-order valence-corrected chi connectivity index (χ1v) is 7.67. The van der Waals surface area contributed by atoms with Gasteiger partial charge in [0.15, 0.2) is 0 Å². The van der Waals surface area contributed by atoms with E-state index in [-0.39, 0.29) is 17.9 Å². The fourth-order valence-electron chi connectivity index (χ4n) is 3.30. The number of hydrogen-bond donors (Lipinski definition) is 2. The van der Waals surface area contributed by atoms with E-state index in [0.717, 1.165) is 43.6 Å². The molecule has 5 nitrogen and oxygen atoms in total. The van der Waals surface area contributed by atoms with Crippen LogP contribution >= 0.6 is 0 Å². The van der Waals surface area contributed by atoms with Crippen LogP contribution in [0.1, 0.15) is 25.5 Å². The molecule has 0 spiro atoms. The molecule has 1 aliphatic rings. The maximum Gasteiger partial charge on any atom is 0.222 e. The van der Waals surface area contributed by atoms with Crippen LogP contribution in [0.4, 0.5) is 0 Å². The molecule has 2 atom stereocenters. The molecule has 1 saturated heterocycles. The van der Waals surface area contributed by atoms with Crippen molar-refractivity contribution in [3.05, 3.63) is 30.0 Å². The van der Waals surface area contributed by atoms with E-state index in [9.17, 15) is 4.79 Å². The molecule has 3 N–H and O–H groups in total. The Hall–Kier alpha value is -1.88. The summed E-state index contributed by atoms with van der Waals surface area (Å²) in [6, 6.07) is 8.36. The zero-order valence-corrected chi connectivity index (χ0v) is 12.4. The molecule has 0 saturated carbocycles. The van der Waals surface area contributed by atoms with Gasteiger partial charge >= 0.3 is 0 Å². The van der Waals surface area contributed by atoms with E-state index in [0.29, 0.717) is 0 Å². The SMILES string of the molecule is CCn1nc(CC2NCCCC2C(N)=O)c2ccccc21. The number of fused-ring (bicyclic) bond motifs is 1. The van der Waals surface area contributed by atoms with Crippen LogP contribution in [0, 0.1) is 5.92 Å². The maximum atomic E-state index is 11.6. The van der Waals surface area contributed by atoms with Gasteiger partial charge in [0.2, 0.25) is 5.91 Å². The second kappa shape index (κ2) is 5.85. The molecule has 0 aliphatic carbocycles. The molecule has 2 heterocycles. The van der Waals surface area contributed by atoms with Crippen LogP contribution in [0.25, 0.3) is 10.9 Å². The van der Waals surface area contributed by atoms with Gasteiger partial charge in [-0.1, -0.05) is 18.2 Å². The molecule has 2 aromatic rings. The van der Waals surface area contributed by atoms with Crippen LogP contribution in [0.2, 0.25) is 0 Å². The Bertz CT molecular complexity index is 649. The quantitative estimate of drug-likeness (QED) is 0.893. The van der Waals surface area contributed by atoms with E-state index in [2.05, 4.69) is 24.4 Å². The number of benzene rings is 1. The second-order valence-electron chi connectivity index (χ2n) is 5.70. The summed E-state index contributed by atoms with van der Waals surface area (Å²) in [6.45, 7) is 3.88. The van der Waals surface area contributed by atoms with Crippen molar-refractivity contribution >= 4 is 16.8 Å². The van der Waals surface area contributed by atoms with E-state index in [1.807, 2.05) is 16.8 Å². The van der Waals surface area contributed by atoms with Crippen molar-refractivity contribution in [1.29, 1.82) is 0 Å². The molecule has 0 radical (unpaired) electrons. The zero-order valence-electron chi connectivity index (χ0n) is 12.4. The van der Waals surface area contributed by atoms with Gasteiger partial charge in [-0.05, 0) is 32.4 Å². The number of para-hydroxylation sites is 1. The van der Waals surface area contributed by atoms with Gasteiger partial charge < -0.3 is 11.1 Å². The molecule has 1 aromatic heterocycles.